The van der Waals surface area contributed by atoms with Crippen LogP contribution in [0.5, 0.6) is 0 Å². The molecule has 0 spiro atoms. The molecule has 0 atom stereocenters. The number of nitrogens with one attached hydrogen (secondary N) is 2. The van der Waals surface area contributed by atoms with Gasteiger partial charge in [0.25, 0.3) is 0 Å². The van der Waals surface area contributed by atoms with Crippen molar-refractivity contribution in [3.63, 3.8) is 0 Å². The van der Waals surface area contributed by atoms with Crippen molar-refractivity contribution in [2.24, 2.45) is 0 Å². The van der Waals surface area contributed by atoms with Crippen LogP contribution >= 0.6 is 11.6 Å². The van der Waals surface area contributed by atoms with E-state index in [2.05, 4.69) is 10.6 Å². The van der Waals surface area contributed by atoms with E-state index in [-0.39, 0.29) is 12.8 Å². The first-order valence-corrected chi connectivity index (χ1v) is 7.52. The summed E-state index contributed by atoms with van der Waals surface area (Å²) in [4.78, 5) is 23.4. The van der Waals surface area contributed by atoms with Crippen LogP contribution in [0.1, 0.15) is 20.3 Å². The van der Waals surface area contributed by atoms with E-state index in [0.29, 0.717) is 30.3 Å². The van der Waals surface area contributed by atoms with E-state index in [1.807, 2.05) is 13.8 Å². The van der Waals surface area contributed by atoms with Crippen LogP contribution in [0.4, 0.5) is 5.69 Å². The third kappa shape index (κ3) is 6.89. The number of anilines is 1. The van der Waals surface area contributed by atoms with Gasteiger partial charge in [0.05, 0.1) is 0 Å². The quantitative estimate of drug-likeness (QED) is 0.566. The molecule has 0 aliphatic carbocycles. The number of benzene rings is 1. The van der Waals surface area contributed by atoms with E-state index < -0.39 is 11.8 Å². The number of hydrogen-bond acceptors (Lipinski definition) is 4. The van der Waals surface area contributed by atoms with E-state index in [4.69, 9.17) is 21.1 Å². The molecule has 0 bridgehead atoms. The molecule has 122 valence electrons. The number of amides is 2. The van der Waals surface area contributed by atoms with Gasteiger partial charge in [0.15, 0.2) is 6.29 Å². The first-order valence-electron chi connectivity index (χ1n) is 7.14. The highest BCUT2D eigenvalue weighted by Crippen LogP contribution is 2.14. The van der Waals surface area contributed by atoms with E-state index >= 15 is 0 Å². The smallest absolute Gasteiger partial charge is 0.313 e. The molecular weight excluding hydrogens is 308 g/mol. The minimum Gasteiger partial charge on any atom is -0.353 e. The van der Waals surface area contributed by atoms with Gasteiger partial charge in [-0.05, 0) is 32.0 Å². The van der Waals surface area contributed by atoms with E-state index in [0.717, 1.165) is 0 Å². The van der Waals surface area contributed by atoms with Gasteiger partial charge in [0.1, 0.15) is 0 Å². The molecule has 0 fully saturated rings. The van der Waals surface area contributed by atoms with Crippen molar-refractivity contribution in [2.45, 2.75) is 26.6 Å². The monoisotopic (exact) mass is 328 g/mol. The van der Waals surface area contributed by atoms with Crippen molar-refractivity contribution in [1.82, 2.24) is 5.32 Å². The first-order chi connectivity index (χ1) is 10.6. The number of halogens is 1. The first kappa shape index (κ1) is 18.4. The van der Waals surface area contributed by atoms with E-state index in [1.165, 1.54) is 0 Å². The molecule has 0 aliphatic heterocycles. The molecule has 1 aromatic carbocycles. The highest BCUT2D eigenvalue weighted by molar-refractivity contribution is 6.39. The van der Waals surface area contributed by atoms with Gasteiger partial charge in [0, 0.05) is 36.9 Å². The summed E-state index contributed by atoms with van der Waals surface area (Å²) < 4.78 is 10.7. The van der Waals surface area contributed by atoms with Gasteiger partial charge in [-0.15, -0.1) is 0 Å². The van der Waals surface area contributed by atoms with Crippen molar-refractivity contribution in [1.29, 1.82) is 0 Å². The lowest BCUT2D eigenvalue weighted by atomic mass is 10.3. The highest BCUT2D eigenvalue weighted by atomic mass is 35.5. The van der Waals surface area contributed by atoms with Crippen LogP contribution in [-0.2, 0) is 19.1 Å². The number of rotatable bonds is 8. The van der Waals surface area contributed by atoms with Gasteiger partial charge in [-0.25, -0.2) is 0 Å². The summed E-state index contributed by atoms with van der Waals surface area (Å²) in [6, 6.07) is 6.58. The summed E-state index contributed by atoms with van der Waals surface area (Å²) >= 11 is 5.81. The molecule has 22 heavy (non-hydrogen) atoms. The second-order valence-corrected chi connectivity index (χ2v) is 4.79. The largest absolute Gasteiger partial charge is 0.353 e. The van der Waals surface area contributed by atoms with Crippen LogP contribution in [-0.4, -0.2) is 37.9 Å². The normalized spacial score (nSPS) is 10.5. The van der Waals surface area contributed by atoms with Crippen LogP contribution in [0.2, 0.25) is 5.02 Å². The summed E-state index contributed by atoms with van der Waals surface area (Å²) in [5, 5.41) is 5.47. The Morgan fingerprint density at radius 3 is 2.45 bits per heavy atom. The van der Waals surface area contributed by atoms with Gasteiger partial charge in [0.2, 0.25) is 0 Å². The van der Waals surface area contributed by atoms with Gasteiger partial charge >= 0.3 is 11.8 Å². The Bertz CT molecular complexity index is 490. The van der Waals surface area contributed by atoms with Gasteiger partial charge in [-0.3, -0.25) is 9.59 Å². The standard InChI is InChI=1S/C15H21ClN2O4/c1-3-21-13(22-4-2)8-9-17-14(19)15(20)18-12-7-5-6-11(16)10-12/h5-7,10,13H,3-4,8-9H2,1-2H3,(H,17,19)(H,18,20). The third-order valence-corrected chi connectivity index (χ3v) is 2.89. The molecule has 0 radical (unpaired) electrons. The molecule has 6 nitrogen and oxygen atoms in total. The summed E-state index contributed by atoms with van der Waals surface area (Å²) in [6.45, 7) is 5.06. The highest BCUT2D eigenvalue weighted by Gasteiger charge is 2.15. The van der Waals surface area contributed by atoms with Crippen LogP contribution in [0.3, 0.4) is 0 Å². The molecule has 2 amide bonds. The third-order valence-electron chi connectivity index (χ3n) is 2.66. The topological polar surface area (TPSA) is 76.7 Å². The maximum atomic E-state index is 11.7. The van der Waals surface area contributed by atoms with Crippen LogP contribution in [0, 0.1) is 0 Å². The molecule has 1 rings (SSSR count). The Kier molecular flexibility index (Phi) is 8.50. The molecule has 1 aromatic rings. The molecule has 0 saturated carbocycles. The van der Waals surface area contributed by atoms with Crippen molar-refractivity contribution in [2.75, 3.05) is 25.1 Å². The van der Waals surface area contributed by atoms with Crippen LogP contribution < -0.4 is 10.6 Å². The lowest BCUT2D eigenvalue weighted by Crippen LogP contribution is -2.37. The molecule has 0 heterocycles. The zero-order valence-corrected chi connectivity index (χ0v) is 13.5. The van der Waals surface area contributed by atoms with Crippen molar-refractivity contribution in [3.8, 4) is 0 Å². The number of carbonyl (C=O) groups is 2. The summed E-state index contributed by atoms with van der Waals surface area (Å²) in [5.41, 5.74) is 0.467. The van der Waals surface area contributed by atoms with Crippen LogP contribution in [0.15, 0.2) is 24.3 Å². The Morgan fingerprint density at radius 2 is 1.86 bits per heavy atom. The Labute approximate surface area is 135 Å². The van der Waals surface area contributed by atoms with E-state index in [1.54, 1.807) is 24.3 Å². The Hall–Kier alpha value is -1.63. The fourth-order valence-electron chi connectivity index (χ4n) is 1.72. The maximum Gasteiger partial charge on any atom is 0.313 e. The lowest BCUT2D eigenvalue weighted by Gasteiger charge is -2.16. The van der Waals surface area contributed by atoms with Gasteiger partial charge in [-0.2, -0.15) is 0 Å². The fraction of sp³-hybridized carbons (Fsp3) is 0.467. The fourth-order valence-corrected chi connectivity index (χ4v) is 1.91. The SMILES string of the molecule is CCOC(CCNC(=O)C(=O)Nc1cccc(Cl)c1)OCC. The predicted molar refractivity (Wildman–Crippen MR) is 84.7 cm³/mol. The predicted octanol–water partition coefficient (Wildman–Crippen LogP) is 2.18. The van der Waals surface area contributed by atoms with Crippen LogP contribution in [0.25, 0.3) is 0 Å². The summed E-state index contributed by atoms with van der Waals surface area (Å²) in [6.07, 6.45) is 0.0870. The minimum absolute atomic E-state index is 0.284. The molecular formula is C15H21ClN2O4. The molecule has 0 saturated heterocycles. The van der Waals surface area contributed by atoms with Crippen molar-refractivity contribution in [3.05, 3.63) is 29.3 Å². The van der Waals surface area contributed by atoms with Gasteiger partial charge in [-0.1, -0.05) is 17.7 Å². The van der Waals surface area contributed by atoms with Gasteiger partial charge < -0.3 is 20.1 Å². The van der Waals surface area contributed by atoms with Crippen molar-refractivity contribution >= 4 is 29.1 Å². The average molecular weight is 329 g/mol. The summed E-state index contributed by atoms with van der Waals surface area (Å²) in [7, 11) is 0. The summed E-state index contributed by atoms with van der Waals surface area (Å²) in [5.74, 6) is -1.46. The molecule has 7 heteroatoms. The zero-order chi connectivity index (χ0) is 16.4. The Morgan fingerprint density at radius 1 is 1.18 bits per heavy atom. The average Bonchev–Trinajstić information content (AvgIpc) is 2.47. The minimum atomic E-state index is -0.744. The second kappa shape index (κ2) is 10.2. The van der Waals surface area contributed by atoms with E-state index in [9.17, 15) is 9.59 Å². The molecule has 0 aliphatic rings. The molecule has 0 aromatic heterocycles. The second-order valence-electron chi connectivity index (χ2n) is 4.35. The molecule has 2 N–H and O–H groups in total. The molecule has 0 unspecified atom stereocenters. The number of ether oxygens (including phenoxy) is 2. The lowest BCUT2D eigenvalue weighted by molar-refractivity contribution is -0.142. The number of carbonyl (C=O) groups excluding carboxylic acids is 2. The van der Waals surface area contributed by atoms with Crippen molar-refractivity contribution < 1.29 is 19.1 Å². The maximum absolute atomic E-state index is 11.7. The number of hydrogen-bond donors (Lipinski definition) is 2. The Balaban J connectivity index is 2.36. The zero-order valence-electron chi connectivity index (χ0n) is 12.7.